The van der Waals surface area contributed by atoms with Gasteiger partial charge in [0.1, 0.15) is 18.4 Å². The number of fused-ring (bicyclic) bond motifs is 1. The number of hydrogen-bond acceptors (Lipinski definition) is 2. The minimum Gasteiger partial charge on any atom is -0.492 e. The summed E-state index contributed by atoms with van der Waals surface area (Å²) in [4.78, 5) is 0. The van der Waals surface area contributed by atoms with Crippen LogP contribution in [0.15, 0.2) is 48.7 Å². The zero-order chi connectivity index (χ0) is 15.5. The van der Waals surface area contributed by atoms with Crippen LogP contribution in [0.4, 0.5) is 0 Å². The molecule has 0 unspecified atom stereocenters. The Morgan fingerprint density at radius 2 is 1.91 bits per heavy atom. The molecule has 3 aromatic rings. The van der Waals surface area contributed by atoms with E-state index >= 15 is 0 Å². The number of nitriles is 1. The molecule has 0 aliphatic heterocycles. The van der Waals surface area contributed by atoms with Crippen LogP contribution in [0.1, 0.15) is 16.7 Å². The van der Waals surface area contributed by atoms with Crippen LogP contribution in [0, 0.1) is 25.2 Å². The third-order valence-corrected chi connectivity index (χ3v) is 3.99. The highest BCUT2D eigenvalue weighted by Crippen LogP contribution is 2.21. The fraction of sp³-hybridized carbons (Fsp3) is 0.211. The lowest BCUT2D eigenvalue weighted by Crippen LogP contribution is -2.07. The lowest BCUT2D eigenvalue weighted by atomic mass is 10.1. The second kappa shape index (κ2) is 5.95. The average molecular weight is 290 g/mol. The molecule has 0 atom stereocenters. The maximum atomic E-state index is 9.21. The molecule has 0 fully saturated rings. The van der Waals surface area contributed by atoms with Crippen molar-refractivity contribution in [3.05, 3.63) is 65.4 Å². The van der Waals surface area contributed by atoms with E-state index in [1.807, 2.05) is 36.5 Å². The summed E-state index contributed by atoms with van der Waals surface area (Å²) >= 11 is 0. The molecule has 1 aromatic heterocycles. The molecule has 2 aromatic carbocycles. The number of benzene rings is 2. The Morgan fingerprint density at radius 1 is 1.09 bits per heavy atom. The summed E-state index contributed by atoms with van der Waals surface area (Å²) in [6.45, 7) is 5.47. The van der Waals surface area contributed by atoms with Crippen molar-refractivity contribution in [2.75, 3.05) is 6.61 Å². The summed E-state index contributed by atoms with van der Waals surface area (Å²) in [6, 6.07) is 16.3. The monoisotopic (exact) mass is 290 g/mol. The lowest BCUT2D eigenvalue weighted by Gasteiger charge is -2.09. The summed E-state index contributed by atoms with van der Waals surface area (Å²) in [7, 11) is 0. The fourth-order valence-electron chi connectivity index (χ4n) is 2.59. The lowest BCUT2D eigenvalue weighted by molar-refractivity contribution is 0.300. The van der Waals surface area contributed by atoms with Crippen molar-refractivity contribution < 1.29 is 4.74 Å². The molecule has 0 bridgehead atoms. The Labute approximate surface area is 130 Å². The van der Waals surface area contributed by atoms with E-state index < -0.39 is 0 Å². The van der Waals surface area contributed by atoms with Crippen LogP contribution in [0.2, 0.25) is 0 Å². The maximum absolute atomic E-state index is 9.21. The molecular weight excluding hydrogens is 272 g/mol. The standard InChI is InChI=1S/C19H18N2O/c1-14-7-8-17(11-15(14)2)22-10-9-21-13-16(12-20)18-5-3-4-6-19(18)21/h3-8,11,13H,9-10H2,1-2H3. The van der Waals surface area contributed by atoms with E-state index in [1.165, 1.54) is 11.1 Å². The molecule has 110 valence electrons. The van der Waals surface area contributed by atoms with E-state index in [9.17, 15) is 5.26 Å². The van der Waals surface area contributed by atoms with Gasteiger partial charge < -0.3 is 9.30 Å². The number of aryl methyl sites for hydroxylation is 2. The molecule has 0 saturated heterocycles. The average Bonchev–Trinajstić information content (AvgIpc) is 2.89. The van der Waals surface area contributed by atoms with Gasteiger partial charge in [0.25, 0.3) is 0 Å². The molecule has 3 heteroatoms. The van der Waals surface area contributed by atoms with Crippen molar-refractivity contribution in [1.29, 1.82) is 5.26 Å². The minimum atomic E-state index is 0.575. The minimum absolute atomic E-state index is 0.575. The number of ether oxygens (including phenoxy) is 1. The smallest absolute Gasteiger partial charge is 0.119 e. The van der Waals surface area contributed by atoms with Gasteiger partial charge in [0, 0.05) is 17.1 Å². The van der Waals surface area contributed by atoms with Crippen LogP contribution in [-0.2, 0) is 6.54 Å². The fourth-order valence-corrected chi connectivity index (χ4v) is 2.59. The molecule has 0 saturated carbocycles. The number of hydrogen-bond donors (Lipinski definition) is 0. The van der Waals surface area contributed by atoms with Gasteiger partial charge in [0.05, 0.1) is 12.1 Å². The largest absolute Gasteiger partial charge is 0.492 e. The maximum Gasteiger partial charge on any atom is 0.119 e. The Kier molecular flexibility index (Phi) is 3.84. The van der Waals surface area contributed by atoms with Crippen LogP contribution in [0.5, 0.6) is 5.75 Å². The molecule has 1 heterocycles. The first-order valence-corrected chi connectivity index (χ1v) is 7.37. The quantitative estimate of drug-likeness (QED) is 0.722. The zero-order valence-electron chi connectivity index (χ0n) is 12.8. The Morgan fingerprint density at radius 3 is 2.68 bits per heavy atom. The van der Waals surface area contributed by atoms with Gasteiger partial charge in [0.15, 0.2) is 0 Å². The number of nitrogens with zero attached hydrogens (tertiary/aromatic N) is 2. The van der Waals surface area contributed by atoms with Crippen molar-refractivity contribution in [2.24, 2.45) is 0 Å². The number of rotatable bonds is 4. The SMILES string of the molecule is Cc1ccc(OCCn2cc(C#N)c3ccccc32)cc1C. The third-order valence-electron chi connectivity index (χ3n) is 3.99. The first-order chi connectivity index (χ1) is 10.7. The van der Waals surface area contributed by atoms with Crippen molar-refractivity contribution in [3.8, 4) is 11.8 Å². The van der Waals surface area contributed by atoms with Crippen LogP contribution in [0.25, 0.3) is 10.9 Å². The van der Waals surface area contributed by atoms with Crippen molar-refractivity contribution in [2.45, 2.75) is 20.4 Å². The van der Waals surface area contributed by atoms with Crippen LogP contribution in [0.3, 0.4) is 0 Å². The van der Waals surface area contributed by atoms with Crippen LogP contribution >= 0.6 is 0 Å². The molecule has 0 spiro atoms. The first kappa shape index (κ1) is 14.2. The van der Waals surface area contributed by atoms with Gasteiger partial charge in [-0.2, -0.15) is 5.26 Å². The highest BCUT2D eigenvalue weighted by molar-refractivity contribution is 5.86. The van der Waals surface area contributed by atoms with E-state index in [1.54, 1.807) is 0 Å². The van der Waals surface area contributed by atoms with E-state index in [2.05, 4.69) is 36.6 Å². The summed E-state index contributed by atoms with van der Waals surface area (Å²) in [5.41, 5.74) is 4.28. The molecule has 3 rings (SSSR count). The van der Waals surface area contributed by atoms with Gasteiger partial charge in [-0.1, -0.05) is 24.3 Å². The highest BCUT2D eigenvalue weighted by Gasteiger charge is 2.07. The molecule has 0 aliphatic carbocycles. The van der Waals surface area contributed by atoms with E-state index in [0.717, 1.165) is 23.2 Å². The van der Waals surface area contributed by atoms with E-state index in [0.29, 0.717) is 12.2 Å². The second-order valence-corrected chi connectivity index (χ2v) is 5.46. The van der Waals surface area contributed by atoms with Gasteiger partial charge >= 0.3 is 0 Å². The molecule has 3 nitrogen and oxygen atoms in total. The second-order valence-electron chi connectivity index (χ2n) is 5.46. The zero-order valence-corrected chi connectivity index (χ0v) is 12.8. The highest BCUT2D eigenvalue weighted by atomic mass is 16.5. The Balaban J connectivity index is 1.74. The number of aromatic nitrogens is 1. The normalized spacial score (nSPS) is 10.6. The summed E-state index contributed by atoms with van der Waals surface area (Å²) < 4.78 is 7.91. The first-order valence-electron chi connectivity index (χ1n) is 7.37. The van der Waals surface area contributed by atoms with Gasteiger partial charge in [0.2, 0.25) is 0 Å². The predicted octanol–water partition coefficient (Wildman–Crippen LogP) is 4.21. The van der Waals surface area contributed by atoms with Crippen molar-refractivity contribution >= 4 is 10.9 Å². The summed E-state index contributed by atoms with van der Waals surface area (Å²) in [5, 5.41) is 10.2. The molecule has 0 N–H and O–H groups in total. The molecule has 0 radical (unpaired) electrons. The van der Waals surface area contributed by atoms with Crippen molar-refractivity contribution in [3.63, 3.8) is 0 Å². The van der Waals surface area contributed by atoms with E-state index in [4.69, 9.17) is 4.74 Å². The van der Waals surface area contributed by atoms with Gasteiger partial charge in [-0.3, -0.25) is 0 Å². The Bertz CT molecular complexity index is 855. The number of para-hydroxylation sites is 1. The summed E-state index contributed by atoms with van der Waals surface area (Å²) in [6.07, 6.45) is 1.90. The third kappa shape index (κ3) is 2.68. The van der Waals surface area contributed by atoms with Gasteiger partial charge in [-0.25, -0.2) is 0 Å². The molecular formula is C19H18N2O. The topological polar surface area (TPSA) is 38.0 Å². The van der Waals surface area contributed by atoms with Gasteiger partial charge in [-0.15, -0.1) is 0 Å². The summed E-state index contributed by atoms with van der Waals surface area (Å²) in [5.74, 6) is 0.889. The predicted molar refractivity (Wildman–Crippen MR) is 88.1 cm³/mol. The molecule has 22 heavy (non-hydrogen) atoms. The Hall–Kier alpha value is -2.73. The molecule has 0 amide bonds. The van der Waals surface area contributed by atoms with Crippen molar-refractivity contribution in [1.82, 2.24) is 4.57 Å². The van der Waals surface area contributed by atoms with Crippen LogP contribution in [-0.4, -0.2) is 11.2 Å². The van der Waals surface area contributed by atoms with Gasteiger partial charge in [-0.05, 0) is 43.2 Å². The van der Waals surface area contributed by atoms with E-state index in [-0.39, 0.29) is 0 Å². The van der Waals surface area contributed by atoms with Crippen LogP contribution < -0.4 is 4.74 Å². The molecule has 0 aliphatic rings.